The number of hydrogen-bond donors (Lipinski definition) is 1. The summed E-state index contributed by atoms with van der Waals surface area (Å²) in [5, 5.41) is 23.0. The summed E-state index contributed by atoms with van der Waals surface area (Å²) < 4.78 is 5.84. The van der Waals surface area contributed by atoms with Crippen LogP contribution in [0.4, 0.5) is 9.80 Å². The number of carbonyl (C=O) groups is 1. The number of aliphatic hydroxyl groups excluding tert-OH is 1. The highest BCUT2D eigenvalue weighted by Gasteiger charge is 2.24. The van der Waals surface area contributed by atoms with E-state index in [9.17, 15) is 15.1 Å². The summed E-state index contributed by atoms with van der Waals surface area (Å²) in [7, 11) is 0. The second-order valence-corrected chi connectivity index (χ2v) is 7.05. The standard InChI is InChI=1S/C20H24N2O4S/c1-4-11-21(20(24)26-5-2)19-17(12-15(3)27-19)13-22(25)18(14-23)16-9-7-6-8-10-16/h4,6-10,12-13,18,23H,1,5,11,14H2,2-3H3/b22-13-/t18-/m0/s1. The van der Waals surface area contributed by atoms with Gasteiger partial charge in [-0.15, -0.1) is 17.9 Å². The van der Waals surface area contributed by atoms with Crippen molar-refractivity contribution in [2.45, 2.75) is 19.9 Å². The number of aliphatic hydroxyl groups is 1. The summed E-state index contributed by atoms with van der Waals surface area (Å²) in [4.78, 5) is 14.7. The number of nitrogens with zero attached hydrogens (tertiary/aromatic N) is 2. The zero-order chi connectivity index (χ0) is 19.8. The summed E-state index contributed by atoms with van der Waals surface area (Å²) in [6, 6.07) is 10.2. The lowest BCUT2D eigenvalue weighted by Gasteiger charge is -2.20. The molecule has 0 fully saturated rings. The van der Waals surface area contributed by atoms with Crippen LogP contribution in [0.15, 0.2) is 49.1 Å². The molecule has 0 aliphatic carbocycles. The zero-order valence-electron chi connectivity index (χ0n) is 15.5. The van der Waals surface area contributed by atoms with Crippen molar-refractivity contribution in [1.29, 1.82) is 0 Å². The Morgan fingerprint density at radius 2 is 2.15 bits per heavy atom. The summed E-state index contributed by atoms with van der Waals surface area (Å²) in [6.07, 6.45) is 2.51. The molecule has 0 bridgehead atoms. The first-order chi connectivity index (χ1) is 13.0. The maximum Gasteiger partial charge on any atom is 0.415 e. The molecule has 1 amide bonds. The lowest BCUT2D eigenvalue weighted by molar-refractivity contribution is -0.506. The minimum atomic E-state index is -0.727. The molecular formula is C20H24N2O4S. The molecular weight excluding hydrogens is 364 g/mol. The molecule has 6 nitrogen and oxygen atoms in total. The van der Waals surface area contributed by atoms with E-state index < -0.39 is 12.1 Å². The van der Waals surface area contributed by atoms with Crippen molar-refractivity contribution >= 4 is 28.6 Å². The van der Waals surface area contributed by atoms with Gasteiger partial charge in [-0.1, -0.05) is 36.4 Å². The number of rotatable bonds is 8. The Balaban J connectivity index is 2.42. The van der Waals surface area contributed by atoms with E-state index in [2.05, 4.69) is 6.58 Å². The van der Waals surface area contributed by atoms with Crippen molar-refractivity contribution in [2.75, 3.05) is 24.7 Å². The maximum atomic E-state index is 12.7. The van der Waals surface area contributed by atoms with E-state index in [-0.39, 0.29) is 19.8 Å². The Hall–Kier alpha value is -2.64. The Kier molecular flexibility index (Phi) is 7.57. The molecule has 1 atom stereocenters. The molecule has 0 spiro atoms. The van der Waals surface area contributed by atoms with Gasteiger partial charge in [-0.25, -0.2) is 9.53 Å². The van der Waals surface area contributed by atoms with E-state index in [1.807, 2.05) is 31.2 Å². The van der Waals surface area contributed by atoms with Gasteiger partial charge in [0, 0.05) is 17.0 Å². The molecule has 1 aromatic heterocycles. The van der Waals surface area contributed by atoms with Crippen molar-refractivity contribution < 1.29 is 19.4 Å². The number of anilines is 1. The Labute approximate surface area is 163 Å². The van der Waals surface area contributed by atoms with Crippen molar-refractivity contribution in [3.8, 4) is 0 Å². The van der Waals surface area contributed by atoms with Gasteiger partial charge >= 0.3 is 6.09 Å². The third-order valence-corrected chi connectivity index (χ3v) is 4.93. The highest BCUT2D eigenvalue weighted by Crippen LogP contribution is 2.31. The van der Waals surface area contributed by atoms with Gasteiger partial charge in [0.15, 0.2) is 6.21 Å². The van der Waals surface area contributed by atoms with Crippen LogP contribution in [0.5, 0.6) is 0 Å². The SMILES string of the molecule is C=CCN(C(=O)OCC)c1sc(C)cc1/C=[N+](\[O-])[C@@H](CO)c1ccccc1. The fraction of sp³-hybridized carbons (Fsp3) is 0.300. The summed E-state index contributed by atoms with van der Waals surface area (Å²) >= 11 is 1.39. The molecule has 0 aliphatic heterocycles. The summed E-state index contributed by atoms with van der Waals surface area (Å²) in [5.41, 5.74) is 1.31. The molecule has 2 aromatic rings. The number of benzene rings is 1. The maximum absolute atomic E-state index is 12.7. The Morgan fingerprint density at radius 1 is 1.44 bits per heavy atom. The van der Waals surface area contributed by atoms with Crippen LogP contribution in [0, 0.1) is 12.1 Å². The van der Waals surface area contributed by atoms with Crippen molar-refractivity contribution in [3.05, 3.63) is 70.3 Å². The van der Waals surface area contributed by atoms with Crippen LogP contribution in [-0.4, -0.2) is 41.9 Å². The number of carbonyl (C=O) groups excluding carboxylic acids is 1. The van der Waals surface area contributed by atoms with Gasteiger partial charge in [0.1, 0.15) is 11.6 Å². The first kappa shape index (κ1) is 20.7. The molecule has 2 rings (SSSR count). The highest BCUT2D eigenvalue weighted by molar-refractivity contribution is 7.16. The average Bonchev–Trinajstić information content (AvgIpc) is 3.01. The van der Waals surface area contributed by atoms with Crippen LogP contribution >= 0.6 is 11.3 Å². The second-order valence-electron chi connectivity index (χ2n) is 5.81. The van der Waals surface area contributed by atoms with Crippen LogP contribution in [0.3, 0.4) is 0 Å². The van der Waals surface area contributed by atoms with E-state index in [1.54, 1.807) is 25.1 Å². The number of aryl methyl sites for hydroxylation is 1. The third kappa shape index (κ3) is 5.18. The molecule has 1 N–H and O–H groups in total. The molecule has 27 heavy (non-hydrogen) atoms. The predicted molar refractivity (Wildman–Crippen MR) is 109 cm³/mol. The third-order valence-electron chi connectivity index (χ3n) is 3.84. The number of ether oxygens (including phenoxy) is 1. The predicted octanol–water partition coefficient (Wildman–Crippen LogP) is 3.87. The molecule has 0 aliphatic rings. The van der Waals surface area contributed by atoms with Crippen LogP contribution in [0.1, 0.15) is 29.0 Å². The van der Waals surface area contributed by atoms with Crippen molar-refractivity contribution in [3.63, 3.8) is 0 Å². The van der Waals surface area contributed by atoms with E-state index in [0.717, 1.165) is 9.62 Å². The Morgan fingerprint density at radius 3 is 2.74 bits per heavy atom. The molecule has 0 unspecified atom stereocenters. The van der Waals surface area contributed by atoms with Gasteiger partial charge in [-0.3, -0.25) is 4.90 Å². The Bertz CT molecular complexity index is 802. The quantitative estimate of drug-likeness (QED) is 0.245. The van der Waals surface area contributed by atoms with E-state index in [4.69, 9.17) is 4.74 Å². The van der Waals surface area contributed by atoms with Crippen LogP contribution < -0.4 is 4.90 Å². The van der Waals surface area contributed by atoms with Crippen molar-refractivity contribution in [2.24, 2.45) is 0 Å². The number of amides is 1. The first-order valence-electron chi connectivity index (χ1n) is 8.63. The normalized spacial score (nSPS) is 12.5. The van der Waals surface area contributed by atoms with E-state index >= 15 is 0 Å². The largest absolute Gasteiger partial charge is 0.623 e. The smallest absolute Gasteiger partial charge is 0.415 e. The summed E-state index contributed by atoms with van der Waals surface area (Å²) in [5.74, 6) is 0. The van der Waals surface area contributed by atoms with Gasteiger partial charge in [0.2, 0.25) is 6.04 Å². The molecule has 0 saturated heterocycles. The minimum Gasteiger partial charge on any atom is -0.623 e. The lowest BCUT2D eigenvalue weighted by atomic mass is 10.1. The van der Waals surface area contributed by atoms with E-state index in [0.29, 0.717) is 16.1 Å². The zero-order valence-corrected chi connectivity index (χ0v) is 16.3. The van der Waals surface area contributed by atoms with Gasteiger partial charge in [-0.2, -0.15) is 0 Å². The molecule has 144 valence electrons. The molecule has 0 radical (unpaired) electrons. The van der Waals surface area contributed by atoms with Gasteiger partial charge in [0.05, 0.1) is 12.2 Å². The minimum absolute atomic E-state index is 0.254. The van der Waals surface area contributed by atoms with Gasteiger partial charge < -0.3 is 15.1 Å². The van der Waals surface area contributed by atoms with E-state index in [1.165, 1.54) is 22.5 Å². The van der Waals surface area contributed by atoms with Gasteiger partial charge in [-0.05, 0) is 19.9 Å². The summed E-state index contributed by atoms with van der Waals surface area (Å²) in [6.45, 7) is 7.52. The monoisotopic (exact) mass is 388 g/mol. The first-order valence-corrected chi connectivity index (χ1v) is 9.45. The molecule has 1 heterocycles. The van der Waals surface area contributed by atoms with Crippen molar-refractivity contribution in [1.82, 2.24) is 0 Å². The topological polar surface area (TPSA) is 75.8 Å². The average molecular weight is 388 g/mol. The van der Waals surface area contributed by atoms with Gasteiger partial charge in [0.25, 0.3) is 0 Å². The molecule has 7 heteroatoms. The molecule has 1 aromatic carbocycles. The number of hydrogen-bond acceptors (Lipinski definition) is 5. The molecule has 0 saturated carbocycles. The second kappa shape index (κ2) is 9.89. The lowest BCUT2D eigenvalue weighted by Crippen LogP contribution is -2.32. The fourth-order valence-corrected chi connectivity index (χ4v) is 3.61. The van der Waals surface area contributed by atoms with Crippen LogP contribution in [-0.2, 0) is 4.74 Å². The number of thiophene rings is 1. The van der Waals surface area contributed by atoms with Crippen LogP contribution in [0.2, 0.25) is 0 Å². The number of hydroxylamine groups is 1. The highest BCUT2D eigenvalue weighted by atomic mass is 32.1. The fourth-order valence-electron chi connectivity index (χ4n) is 2.63. The van der Waals surface area contributed by atoms with Crippen LogP contribution in [0.25, 0.3) is 0 Å².